The van der Waals surface area contributed by atoms with Gasteiger partial charge >= 0.3 is 0 Å². The molecule has 1 rings (SSSR count). The maximum atomic E-state index is 11.6. The summed E-state index contributed by atoms with van der Waals surface area (Å²) >= 11 is 0. The number of rotatable bonds is 4. The van der Waals surface area contributed by atoms with Crippen molar-refractivity contribution in [3.8, 4) is 0 Å². The Morgan fingerprint density at radius 1 is 1.50 bits per heavy atom. The Morgan fingerprint density at radius 2 is 2.21 bits per heavy atom. The van der Waals surface area contributed by atoms with Crippen LogP contribution in [0.2, 0.25) is 0 Å². The van der Waals surface area contributed by atoms with E-state index in [-0.39, 0.29) is 24.3 Å². The van der Waals surface area contributed by atoms with E-state index < -0.39 is 0 Å². The molecule has 1 unspecified atom stereocenters. The van der Waals surface area contributed by atoms with Crippen LogP contribution in [-0.2, 0) is 9.59 Å². The maximum absolute atomic E-state index is 11.6. The number of carbonyl (C=O) groups is 2. The average molecular weight is 198 g/mol. The third-order valence-electron chi connectivity index (χ3n) is 2.62. The molecule has 1 atom stereocenters. The van der Waals surface area contributed by atoms with Crippen molar-refractivity contribution in [3.05, 3.63) is 0 Å². The van der Waals surface area contributed by atoms with Crippen molar-refractivity contribution in [2.75, 3.05) is 13.1 Å². The average Bonchev–Trinajstić information content (AvgIpc) is 2.65. The molecule has 0 aliphatic carbocycles. The van der Waals surface area contributed by atoms with Crippen molar-refractivity contribution < 1.29 is 9.59 Å². The van der Waals surface area contributed by atoms with Gasteiger partial charge in [0.15, 0.2) is 5.78 Å². The molecule has 0 spiro atoms. The van der Waals surface area contributed by atoms with Crippen LogP contribution in [0.15, 0.2) is 0 Å². The van der Waals surface area contributed by atoms with Crippen LogP contribution in [0, 0.1) is 0 Å². The van der Waals surface area contributed by atoms with Crippen molar-refractivity contribution >= 4 is 11.7 Å². The van der Waals surface area contributed by atoms with E-state index in [9.17, 15) is 9.59 Å². The zero-order valence-corrected chi connectivity index (χ0v) is 8.66. The van der Waals surface area contributed by atoms with Gasteiger partial charge in [-0.15, -0.1) is 0 Å². The molecular formula is C10H18N2O2. The van der Waals surface area contributed by atoms with Gasteiger partial charge in [0.05, 0.1) is 12.6 Å². The van der Waals surface area contributed by atoms with Crippen LogP contribution in [0.25, 0.3) is 0 Å². The number of nitrogens with two attached hydrogens (primary N) is 1. The number of ketones is 1. The zero-order valence-electron chi connectivity index (χ0n) is 8.66. The predicted molar refractivity (Wildman–Crippen MR) is 53.7 cm³/mol. The lowest BCUT2D eigenvalue weighted by Crippen LogP contribution is -2.43. The first kappa shape index (κ1) is 11.2. The van der Waals surface area contributed by atoms with E-state index in [1.54, 1.807) is 4.90 Å². The van der Waals surface area contributed by atoms with E-state index in [0.717, 1.165) is 19.3 Å². The third kappa shape index (κ3) is 2.32. The standard InChI is InChI=1S/C10H18N2O2/c1-2-4-9(13)8-5-3-6-12(8)10(14)7-11/h8H,2-7,11H2,1H3. The molecule has 0 radical (unpaired) electrons. The maximum Gasteiger partial charge on any atom is 0.236 e. The molecule has 0 aromatic rings. The molecule has 1 fully saturated rings. The highest BCUT2D eigenvalue weighted by Crippen LogP contribution is 2.19. The van der Waals surface area contributed by atoms with Gasteiger partial charge in [-0.3, -0.25) is 9.59 Å². The van der Waals surface area contributed by atoms with Crippen LogP contribution in [-0.4, -0.2) is 35.7 Å². The number of hydrogen-bond donors (Lipinski definition) is 1. The summed E-state index contributed by atoms with van der Waals surface area (Å²) in [5.41, 5.74) is 5.29. The van der Waals surface area contributed by atoms with Crippen LogP contribution in [0.4, 0.5) is 0 Å². The van der Waals surface area contributed by atoms with Crippen LogP contribution in [0.1, 0.15) is 32.6 Å². The molecule has 0 bridgehead atoms. The minimum atomic E-state index is -0.189. The zero-order chi connectivity index (χ0) is 10.6. The number of hydrogen-bond acceptors (Lipinski definition) is 3. The Labute approximate surface area is 84.4 Å². The largest absolute Gasteiger partial charge is 0.332 e. The minimum Gasteiger partial charge on any atom is -0.332 e. The summed E-state index contributed by atoms with van der Waals surface area (Å²) in [5.74, 6) is 0.0868. The van der Waals surface area contributed by atoms with Gasteiger partial charge in [0.25, 0.3) is 0 Å². The van der Waals surface area contributed by atoms with Gasteiger partial charge in [-0.2, -0.15) is 0 Å². The molecule has 1 amide bonds. The van der Waals surface area contributed by atoms with Crippen molar-refractivity contribution in [2.24, 2.45) is 5.73 Å². The van der Waals surface area contributed by atoms with Crippen LogP contribution < -0.4 is 5.73 Å². The first-order valence-electron chi connectivity index (χ1n) is 5.23. The highest BCUT2D eigenvalue weighted by Gasteiger charge is 2.32. The van der Waals surface area contributed by atoms with E-state index in [1.165, 1.54) is 0 Å². The summed E-state index contributed by atoms with van der Waals surface area (Å²) < 4.78 is 0. The minimum absolute atomic E-state index is 0.00983. The fraction of sp³-hybridized carbons (Fsp3) is 0.800. The van der Waals surface area contributed by atoms with E-state index in [1.807, 2.05) is 6.92 Å². The summed E-state index contributed by atoms with van der Waals surface area (Å²) in [5, 5.41) is 0. The molecule has 1 saturated heterocycles. The first-order chi connectivity index (χ1) is 6.70. The highest BCUT2D eigenvalue weighted by molar-refractivity contribution is 5.90. The number of nitrogens with zero attached hydrogens (tertiary/aromatic N) is 1. The van der Waals surface area contributed by atoms with Crippen molar-refractivity contribution in [3.63, 3.8) is 0 Å². The molecule has 4 nitrogen and oxygen atoms in total. The summed E-state index contributed by atoms with van der Waals surface area (Å²) in [6.45, 7) is 2.67. The van der Waals surface area contributed by atoms with Gasteiger partial charge in [-0.25, -0.2) is 0 Å². The molecule has 0 saturated carbocycles. The SMILES string of the molecule is CCCC(=O)C1CCCN1C(=O)CN. The smallest absolute Gasteiger partial charge is 0.236 e. The van der Waals surface area contributed by atoms with Gasteiger partial charge in [-0.05, 0) is 19.3 Å². The van der Waals surface area contributed by atoms with E-state index >= 15 is 0 Å². The lowest BCUT2D eigenvalue weighted by molar-refractivity contribution is -0.136. The predicted octanol–water partition coefficient (Wildman–Crippen LogP) is 0.305. The molecule has 1 heterocycles. The van der Waals surface area contributed by atoms with E-state index in [4.69, 9.17) is 5.73 Å². The van der Waals surface area contributed by atoms with Gasteiger partial charge in [0, 0.05) is 13.0 Å². The normalized spacial score (nSPS) is 21.3. The Bertz CT molecular complexity index is 228. The molecule has 0 aromatic carbocycles. The highest BCUT2D eigenvalue weighted by atomic mass is 16.2. The molecular weight excluding hydrogens is 180 g/mol. The van der Waals surface area contributed by atoms with Crippen molar-refractivity contribution in [1.82, 2.24) is 4.90 Å². The van der Waals surface area contributed by atoms with Gasteiger partial charge < -0.3 is 10.6 Å². The first-order valence-corrected chi connectivity index (χ1v) is 5.23. The Kier molecular flexibility index (Phi) is 4.07. The Morgan fingerprint density at radius 3 is 2.79 bits per heavy atom. The molecule has 0 aromatic heterocycles. The molecule has 1 aliphatic rings. The van der Waals surface area contributed by atoms with Gasteiger partial charge in [0.2, 0.25) is 5.91 Å². The lowest BCUT2D eigenvalue weighted by atomic mass is 10.1. The Balaban J connectivity index is 2.59. The topological polar surface area (TPSA) is 63.4 Å². The number of carbonyl (C=O) groups excluding carboxylic acids is 2. The molecule has 80 valence electrons. The summed E-state index contributed by atoms with van der Waals surface area (Å²) in [7, 11) is 0. The molecule has 1 aliphatic heterocycles. The molecule has 2 N–H and O–H groups in total. The second-order valence-electron chi connectivity index (χ2n) is 3.67. The quantitative estimate of drug-likeness (QED) is 0.707. The number of likely N-dealkylation sites (tertiary alicyclic amines) is 1. The fourth-order valence-electron chi connectivity index (χ4n) is 1.93. The van der Waals surface area contributed by atoms with E-state index in [0.29, 0.717) is 13.0 Å². The fourth-order valence-corrected chi connectivity index (χ4v) is 1.93. The van der Waals surface area contributed by atoms with Crippen LogP contribution in [0.5, 0.6) is 0 Å². The molecule has 4 heteroatoms. The van der Waals surface area contributed by atoms with Gasteiger partial charge in [0.1, 0.15) is 0 Å². The summed E-state index contributed by atoms with van der Waals surface area (Å²) in [6, 6.07) is -0.189. The summed E-state index contributed by atoms with van der Waals surface area (Å²) in [6.07, 6.45) is 3.15. The summed E-state index contributed by atoms with van der Waals surface area (Å²) in [4.78, 5) is 24.7. The van der Waals surface area contributed by atoms with Crippen LogP contribution >= 0.6 is 0 Å². The molecule has 14 heavy (non-hydrogen) atoms. The number of Topliss-reactive ketones (excluding diaryl/α,β-unsaturated/α-hetero) is 1. The number of amides is 1. The van der Waals surface area contributed by atoms with Crippen LogP contribution in [0.3, 0.4) is 0 Å². The lowest BCUT2D eigenvalue weighted by Gasteiger charge is -2.22. The monoisotopic (exact) mass is 198 g/mol. The second kappa shape index (κ2) is 5.10. The van der Waals surface area contributed by atoms with E-state index in [2.05, 4.69) is 0 Å². The van der Waals surface area contributed by atoms with Crippen molar-refractivity contribution in [2.45, 2.75) is 38.6 Å². The third-order valence-corrected chi connectivity index (χ3v) is 2.62. The Hall–Kier alpha value is -0.900. The van der Waals surface area contributed by atoms with Crippen molar-refractivity contribution in [1.29, 1.82) is 0 Å². The van der Waals surface area contributed by atoms with Gasteiger partial charge in [-0.1, -0.05) is 6.92 Å². The second-order valence-corrected chi connectivity index (χ2v) is 3.67.